The van der Waals surface area contributed by atoms with Crippen molar-refractivity contribution in [3.63, 3.8) is 0 Å². The van der Waals surface area contributed by atoms with Gasteiger partial charge in [-0.25, -0.2) is 4.79 Å². The average Bonchev–Trinajstić information content (AvgIpc) is 2.91. The predicted octanol–water partition coefficient (Wildman–Crippen LogP) is 4.58. The monoisotopic (exact) mass is 285 g/mol. The molecular weight excluding hydrogens is 274 g/mol. The van der Waals surface area contributed by atoms with Gasteiger partial charge in [-0.15, -0.1) is 0 Å². The van der Waals surface area contributed by atoms with Crippen molar-refractivity contribution in [2.45, 2.75) is 0 Å². The molecule has 0 spiro atoms. The van der Waals surface area contributed by atoms with Crippen LogP contribution in [-0.2, 0) is 0 Å². The Morgan fingerprint density at radius 3 is 2.36 bits per heavy atom. The Morgan fingerprint density at radius 1 is 0.682 bits per heavy atom. The highest BCUT2D eigenvalue weighted by atomic mass is 16.4. The minimum absolute atomic E-state index is 0.297. The summed E-state index contributed by atoms with van der Waals surface area (Å²) in [6.45, 7) is 0. The third kappa shape index (κ3) is 1.42. The summed E-state index contributed by atoms with van der Waals surface area (Å²) in [6, 6.07) is 19.8. The summed E-state index contributed by atoms with van der Waals surface area (Å²) in [5, 5.41) is 4.79. The van der Waals surface area contributed by atoms with Crippen molar-refractivity contribution in [2.75, 3.05) is 0 Å². The summed E-state index contributed by atoms with van der Waals surface area (Å²) in [4.78, 5) is 15.6. The smallest absolute Gasteiger partial charge is 0.344 e. The number of para-hydroxylation sites is 2. The molecule has 104 valence electrons. The van der Waals surface area contributed by atoms with Crippen molar-refractivity contribution >= 4 is 43.5 Å². The van der Waals surface area contributed by atoms with Crippen LogP contribution in [0.3, 0.4) is 0 Å². The summed E-state index contributed by atoms with van der Waals surface area (Å²) >= 11 is 0. The van der Waals surface area contributed by atoms with Crippen molar-refractivity contribution in [1.82, 2.24) is 4.98 Å². The van der Waals surface area contributed by atoms with Gasteiger partial charge in [0.25, 0.3) is 0 Å². The number of hydrogen-bond donors (Lipinski definition) is 1. The molecule has 1 N–H and O–H groups in total. The highest BCUT2D eigenvalue weighted by molar-refractivity contribution is 6.16. The molecule has 3 aromatic carbocycles. The van der Waals surface area contributed by atoms with Crippen molar-refractivity contribution in [3.8, 4) is 0 Å². The van der Waals surface area contributed by atoms with Gasteiger partial charge in [0.2, 0.25) is 0 Å². The van der Waals surface area contributed by atoms with Crippen LogP contribution in [0.25, 0.3) is 43.5 Å². The molecule has 2 heterocycles. The van der Waals surface area contributed by atoms with Crippen molar-refractivity contribution < 1.29 is 4.42 Å². The molecule has 0 saturated carbocycles. The van der Waals surface area contributed by atoms with Crippen LogP contribution in [0.4, 0.5) is 0 Å². The highest BCUT2D eigenvalue weighted by Crippen LogP contribution is 2.31. The van der Waals surface area contributed by atoms with Crippen molar-refractivity contribution in [3.05, 3.63) is 71.1 Å². The summed E-state index contributed by atoms with van der Waals surface area (Å²) in [7, 11) is 0. The van der Waals surface area contributed by atoms with Gasteiger partial charge in [0.05, 0.1) is 5.39 Å². The normalized spacial score (nSPS) is 11.8. The number of aromatic amines is 1. The van der Waals surface area contributed by atoms with E-state index in [4.69, 9.17) is 4.42 Å². The summed E-state index contributed by atoms with van der Waals surface area (Å²) in [6.07, 6.45) is 0. The number of H-pyrrole nitrogens is 1. The molecule has 22 heavy (non-hydrogen) atoms. The van der Waals surface area contributed by atoms with E-state index in [2.05, 4.69) is 17.1 Å². The first kappa shape index (κ1) is 11.6. The van der Waals surface area contributed by atoms with E-state index in [1.165, 1.54) is 0 Å². The van der Waals surface area contributed by atoms with Gasteiger partial charge in [0.1, 0.15) is 5.58 Å². The Balaban J connectivity index is 2.10. The van der Waals surface area contributed by atoms with E-state index in [1.54, 1.807) is 0 Å². The molecule has 0 aliphatic carbocycles. The van der Waals surface area contributed by atoms with Crippen LogP contribution in [0.15, 0.2) is 69.9 Å². The molecule has 0 radical (unpaired) electrons. The van der Waals surface area contributed by atoms with Crippen LogP contribution in [-0.4, -0.2) is 4.98 Å². The third-order valence-corrected chi connectivity index (χ3v) is 4.24. The summed E-state index contributed by atoms with van der Waals surface area (Å²) < 4.78 is 5.43. The first-order valence-corrected chi connectivity index (χ1v) is 7.17. The minimum atomic E-state index is -0.297. The van der Waals surface area contributed by atoms with Crippen molar-refractivity contribution in [2.24, 2.45) is 0 Å². The van der Waals surface area contributed by atoms with Gasteiger partial charge in [0.15, 0.2) is 0 Å². The number of benzene rings is 3. The van der Waals surface area contributed by atoms with E-state index >= 15 is 0 Å². The van der Waals surface area contributed by atoms with Crippen LogP contribution in [0, 0.1) is 0 Å². The molecule has 3 heteroatoms. The topological polar surface area (TPSA) is 46.0 Å². The standard InChI is InChI=1S/C19H11NO2/c21-19-15-10-17-14(11-5-1-3-7-16(11)20-17)9-13(15)12-6-2-4-8-18(12)22-19/h1-10,20H. The Bertz CT molecular complexity index is 1240. The van der Waals surface area contributed by atoms with Gasteiger partial charge in [-0.3, -0.25) is 0 Å². The zero-order valence-corrected chi connectivity index (χ0v) is 11.6. The highest BCUT2D eigenvalue weighted by Gasteiger charge is 2.11. The minimum Gasteiger partial charge on any atom is -0.422 e. The second-order valence-electron chi connectivity index (χ2n) is 5.50. The second kappa shape index (κ2) is 3.98. The molecule has 0 atom stereocenters. The fraction of sp³-hybridized carbons (Fsp3) is 0. The molecule has 0 aliphatic rings. The van der Waals surface area contributed by atoms with E-state index in [1.807, 2.05) is 48.5 Å². The molecule has 2 aromatic heterocycles. The van der Waals surface area contributed by atoms with Crippen LogP contribution in [0.5, 0.6) is 0 Å². The first-order valence-electron chi connectivity index (χ1n) is 7.17. The van der Waals surface area contributed by atoms with Crippen LogP contribution >= 0.6 is 0 Å². The van der Waals surface area contributed by atoms with Crippen LogP contribution < -0.4 is 5.63 Å². The predicted molar refractivity (Wildman–Crippen MR) is 89.4 cm³/mol. The van der Waals surface area contributed by atoms with Gasteiger partial charge in [-0.05, 0) is 24.3 Å². The SMILES string of the molecule is O=c1oc2ccccc2c2cc3c(cc12)[nH]c1ccccc13. The Labute approximate surface area is 124 Å². The molecule has 0 bridgehead atoms. The number of fused-ring (bicyclic) bond motifs is 6. The maximum atomic E-state index is 12.3. The van der Waals surface area contributed by atoms with Crippen LogP contribution in [0.2, 0.25) is 0 Å². The Hall–Kier alpha value is -3.07. The molecule has 0 amide bonds. The van der Waals surface area contributed by atoms with Gasteiger partial charge < -0.3 is 9.40 Å². The molecule has 0 saturated heterocycles. The summed E-state index contributed by atoms with van der Waals surface area (Å²) in [5.41, 5.74) is 2.35. The number of nitrogens with one attached hydrogen (secondary N) is 1. The largest absolute Gasteiger partial charge is 0.422 e. The zero-order chi connectivity index (χ0) is 14.7. The number of aromatic nitrogens is 1. The number of rotatable bonds is 0. The van der Waals surface area contributed by atoms with Crippen molar-refractivity contribution in [1.29, 1.82) is 0 Å². The van der Waals surface area contributed by atoms with Gasteiger partial charge in [-0.2, -0.15) is 0 Å². The fourth-order valence-electron chi connectivity index (χ4n) is 3.22. The Morgan fingerprint density at radius 2 is 1.45 bits per heavy atom. The van der Waals surface area contributed by atoms with Crippen LogP contribution in [0.1, 0.15) is 0 Å². The Kier molecular flexibility index (Phi) is 2.09. The zero-order valence-electron chi connectivity index (χ0n) is 11.6. The van der Waals surface area contributed by atoms with E-state index < -0.39 is 0 Å². The van der Waals surface area contributed by atoms with Gasteiger partial charge >= 0.3 is 5.63 Å². The lowest BCUT2D eigenvalue weighted by atomic mass is 10.0. The van der Waals surface area contributed by atoms with E-state index in [0.29, 0.717) is 11.0 Å². The summed E-state index contributed by atoms with van der Waals surface area (Å²) in [5.74, 6) is 0. The van der Waals surface area contributed by atoms with Gasteiger partial charge in [0, 0.05) is 32.6 Å². The number of hydrogen-bond acceptors (Lipinski definition) is 2. The van der Waals surface area contributed by atoms with Gasteiger partial charge in [-0.1, -0.05) is 36.4 Å². The molecule has 5 aromatic rings. The maximum absolute atomic E-state index is 12.3. The molecule has 0 unspecified atom stereocenters. The molecular formula is C19H11NO2. The van der Waals surface area contributed by atoms with E-state index in [0.717, 1.165) is 32.6 Å². The molecule has 0 fully saturated rings. The lowest BCUT2D eigenvalue weighted by Gasteiger charge is -2.02. The average molecular weight is 285 g/mol. The second-order valence-corrected chi connectivity index (χ2v) is 5.50. The maximum Gasteiger partial charge on any atom is 0.344 e. The lowest BCUT2D eigenvalue weighted by molar-refractivity contribution is 0.570. The lowest BCUT2D eigenvalue weighted by Crippen LogP contribution is -1.99. The van der Waals surface area contributed by atoms with E-state index in [9.17, 15) is 4.79 Å². The molecule has 0 aliphatic heterocycles. The van der Waals surface area contributed by atoms with E-state index in [-0.39, 0.29) is 5.63 Å². The fourth-order valence-corrected chi connectivity index (χ4v) is 3.22. The third-order valence-electron chi connectivity index (χ3n) is 4.24. The molecule has 5 rings (SSSR count). The quantitative estimate of drug-likeness (QED) is 0.334. The first-order chi connectivity index (χ1) is 10.8. The molecule has 3 nitrogen and oxygen atoms in total.